The molecule has 0 fully saturated rings. The van der Waals surface area contributed by atoms with Gasteiger partial charge >= 0.3 is 6.18 Å². The number of aromatic nitrogens is 2. The highest BCUT2D eigenvalue weighted by Gasteiger charge is 2.43. The lowest BCUT2D eigenvalue weighted by Gasteiger charge is -2.06. The molecular weight excluding hydrogens is 337 g/mol. The molecular formula is C16H15F3N4O2. The summed E-state index contributed by atoms with van der Waals surface area (Å²) in [7, 11) is 0. The van der Waals surface area contributed by atoms with Crippen molar-refractivity contribution in [2.75, 3.05) is 6.61 Å². The van der Waals surface area contributed by atoms with Crippen molar-refractivity contribution in [2.45, 2.75) is 25.4 Å². The van der Waals surface area contributed by atoms with Crippen molar-refractivity contribution < 1.29 is 23.1 Å². The Balaban J connectivity index is 2.09. The topological polar surface area (TPSA) is 90.4 Å². The Hall–Kier alpha value is -2.68. The van der Waals surface area contributed by atoms with Gasteiger partial charge in [0, 0.05) is 29.4 Å². The third-order valence-corrected chi connectivity index (χ3v) is 3.85. The maximum absolute atomic E-state index is 13.1. The second kappa shape index (κ2) is 6.67. The van der Waals surface area contributed by atoms with Crippen LogP contribution in [0.3, 0.4) is 0 Å². The number of hydrogen-bond donors (Lipinski definition) is 3. The lowest BCUT2D eigenvalue weighted by Crippen LogP contribution is -2.24. The summed E-state index contributed by atoms with van der Waals surface area (Å²) in [4.78, 5) is 19.1. The van der Waals surface area contributed by atoms with Gasteiger partial charge in [-0.15, -0.1) is 0 Å². The van der Waals surface area contributed by atoms with Crippen molar-refractivity contribution in [3.8, 4) is 0 Å². The van der Waals surface area contributed by atoms with Crippen molar-refractivity contribution in [3.63, 3.8) is 0 Å². The van der Waals surface area contributed by atoms with Gasteiger partial charge in [0.2, 0.25) is 0 Å². The Morgan fingerprint density at radius 3 is 2.80 bits per heavy atom. The zero-order chi connectivity index (χ0) is 18.0. The van der Waals surface area contributed by atoms with Crippen LogP contribution in [0, 0.1) is 0 Å². The van der Waals surface area contributed by atoms with Crippen LogP contribution in [0.5, 0.6) is 0 Å². The number of aromatic amines is 1. The van der Waals surface area contributed by atoms with Gasteiger partial charge in [0.25, 0.3) is 5.91 Å². The molecule has 3 N–H and O–H groups in total. The number of carbonyl (C=O) groups excluding carboxylic acids is 1. The lowest BCUT2D eigenvalue weighted by atomic mass is 10.0. The summed E-state index contributed by atoms with van der Waals surface area (Å²) < 4.78 is 39.2. The summed E-state index contributed by atoms with van der Waals surface area (Å²) in [5, 5.41) is 12.6. The minimum Gasteiger partial charge on any atom is -0.396 e. The highest BCUT2D eigenvalue weighted by Crippen LogP contribution is 2.30. The third kappa shape index (κ3) is 3.41. The third-order valence-electron chi connectivity index (χ3n) is 3.85. The van der Waals surface area contributed by atoms with Gasteiger partial charge in [-0.1, -0.05) is 0 Å². The van der Waals surface area contributed by atoms with Crippen molar-refractivity contribution in [2.24, 2.45) is 5.10 Å². The van der Waals surface area contributed by atoms with Crippen molar-refractivity contribution >= 4 is 28.7 Å². The number of fused-ring (bicyclic) bond motifs is 1. The molecule has 0 aromatic carbocycles. The molecule has 0 radical (unpaired) electrons. The van der Waals surface area contributed by atoms with Crippen LogP contribution in [-0.2, 0) is 11.2 Å². The van der Waals surface area contributed by atoms with E-state index in [1.807, 2.05) is 5.43 Å². The molecule has 0 unspecified atom stereocenters. The number of aliphatic hydroxyl groups is 1. The molecule has 0 saturated heterocycles. The summed E-state index contributed by atoms with van der Waals surface area (Å²) in [5.74, 6) is -0.896. The van der Waals surface area contributed by atoms with Gasteiger partial charge in [-0.2, -0.15) is 18.3 Å². The molecule has 25 heavy (non-hydrogen) atoms. The number of alkyl halides is 3. The molecule has 0 aliphatic carbocycles. The predicted molar refractivity (Wildman–Crippen MR) is 85.7 cm³/mol. The number of nitrogens with zero attached hydrogens (tertiary/aromatic N) is 2. The number of carbonyl (C=O) groups is 1. The number of aliphatic hydroxyl groups excluding tert-OH is 1. The van der Waals surface area contributed by atoms with Gasteiger partial charge in [-0.05, 0) is 37.5 Å². The molecule has 3 rings (SSSR count). The zero-order valence-electron chi connectivity index (χ0n) is 13.0. The van der Waals surface area contributed by atoms with E-state index in [0.29, 0.717) is 41.6 Å². The first-order valence-electron chi connectivity index (χ1n) is 7.65. The Labute approximate surface area is 140 Å². The fourth-order valence-corrected chi connectivity index (χ4v) is 2.70. The van der Waals surface area contributed by atoms with Crippen LogP contribution < -0.4 is 5.43 Å². The van der Waals surface area contributed by atoms with E-state index in [-0.39, 0.29) is 6.61 Å². The fourth-order valence-electron chi connectivity index (χ4n) is 2.70. The molecule has 2 aromatic heterocycles. The highest BCUT2D eigenvalue weighted by molar-refractivity contribution is 6.29. The van der Waals surface area contributed by atoms with Crippen LogP contribution in [-0.4, -0.2) is 39.5 Å². The molecule has 0 saturated carbocycles. The lowest BCUT2D eigenvalue weighted by molar-refractivity contribution is -0.116. The minimum absolute atomic E-state index is 0.0299. The SMILES string of the molecule is O=C1NN=C(C(F)(F)F)C1=Cc1c(CCCCO)[nH]c2ncccc12. The average molecular weight is 352 g/mol. The standard InChI is InChI=1S/C16H15F3N4O2/c17-16(18,19)13-11(15(25)23-22-13)8-10-9-4-3-6-20-14(9)21-12(10)5-1-2-7-24/h3-4,6,8,24H,1-2,5,7H2,(H,20,21)(H,23,25). The smallest absolute Gasteiger partial charge is 0.396 e. The summed E-state index contributed by atoms with van der Waals surface area (Å²) in [6, 6.07) is 3.39. The number of nitrogens with one attached hydrogen (secondary N) is 2. The largest absolute Gasteiger partial charge is 0.435 e. The van der Waals surface area contributed by atoms with E-state index in [1.165, 1.54) is 6.08 Å². The van der Waals surface area contributed by atoms with E-state index in [1.54, 1.807) is 18.3 Å². The Kier molecular flexibility index (Phi) is 4.58. The number of halogens is 3. The molecule has 132 valence electrons. The first-order chi connectivity index (χ1) is 11.9. The number of rotatable bonds is 5. The van der Waals surface area contributed by atoms with Crippen LogP contribution in [0.15, 0.2) is 29.0 Å². The molecule has 0 bridgehead atoms. The summed E-state index contributed by atoms with van der Waals surface area (Å²) in [6.07, 6.45) is -0.245. The highest BCUT2D eigenvalue weighted by atomic mass is 19.4. The van der Waals surface area contributed by atoms with Crippen LogP contribution in [0.25, 0.3) is 17.1 Å². The van der Waals surface area contributed by atoms with Crippen LogP contribution in [0.1, 0.15) is 24.1 Å². The Bertz CT molecular complexity index is 868. The molecule has 1 aliphatic heterocycles. The van der Waals surface area contributed by atoms with Gasteiger partial charge in [-0.25, -0.2) is 10.4 Å². The molecule has 1 aliphatic rings. The summed E-state index contributed by atoms with van der Waals surface area (Å²) >= 11 is 0. The van der Waals surface area contributed by atoms with E-state index in [2.05, 4.69) is 15.1 Å². The molecule has 3 heterocycles. The van der Waals surface area contributed by atoms with E-state index in [4.69, 9.17) is 5.11 Å². The summed E-state index contributed by atoms with van der Waals surface area (Å²) in [5.41, 5.74) is 1.76. The van der Waals surface area contributed by atoms with E-state index < -0.39 is 23.4 Å². The maximum Gasteiger partial charge on any atom is 0.435 e. The Morgan fingerprint density at radius 1 is 1.28 bits per heavy atom. The Morgan fingerprint density at radius 2 is 2.08 bits per heavy atom. The van der Waals surface area contributed by atoms with E-state index >= 15 is 0 Å². The van der Waals surface area contributed by atoms with Gasteiger partial charge < -0.3 is 10.1 Å². The number of hydrazone groups is 1. The zero-order valence-corrected chi connectivity index (χ0v) is 13.0. The molecule has 0 atom stereocenters. The van der Waals surface area contributed by atoms with Gasteiger partial charge in [-0.3, -0.25) is 4.79 Å². The first-order valence-corrected chi connectivity index (χ1v) is 7.65. The monoisotopic (exact) mass is 352 g/mol. The summed E-state index contributed by atoms with van der Waals surface area (Å²) in [6.45, 7) is 0.0299. The van der Waals surface area contributed by atoms with Gasteiger partial charge in [0.05, 0.1) is 5.57 Å². The number of H-pyrrole nitrogens is 1. The number of aryl methyl sites for hydroxylation is 1. The van der Waals surface area contributed by atoms with Gasteiger partial charge in [0.15, 0.2) is 5.71 Å². The van der Waals surface area contributed by atoms with Crippen LogP contribution >= 0.6 is 0 Å². The quantitative estimate of drug-likeness (QED) is 0.570. The molecule has 6 nitrogen and oxygen atoms in total. The second-order valence-corrected chi connectivity index (χ2v) is 5.55. The number of unbranched alkanes of at least 4 members (excludes halogenated alkanes) is 1. The number of hydrogen-bond acceptors (Lipinski definition) is 4. The van der Waals surface area contributed by atoms with Gasteiger partial charge in [0.1, 0.15) is 5.65 Å². The molecule has 1 amide bonds. The second-order valence-electron chi connectivity index (χ2n) is 5.55. The predicted octanol–water partition coefficient (Wildman–Crippen LogP) is 2.31. The van der Waals surface area contributed by atoms with Crippen LogP contribution in [0.4, 0.5) is 13.2 Å². The normalized spacial score (nSPS) is 16.6. The van der Waals surface area contributed by atoms with Crippen molar-refractivity contribution in [1.82, 2.24) is 15.4 Å². The average Bonchev–Trinajstić information content (AvgIpc) is 3.10. The molecule has 0 spiro atoms. The molecule has 9 heteroatoms. The van der Waals surface area contributed by atoms with Crippen molar-refractivity contribution in [1.29, 1.82) is 0 Å². The molecule has 2 aromatic rings. The van der Waals surface area contributed by atoms with E-state index in [0.717, 1.165) is 0 Å². The van der Waals surface area contributed by atoms with Crippen LogP contribution in [0.2, 0.25) is 0 Å². The number of amides is 1. The first kappa shape index (κ1) is 17.2. The van der Waals surface area contributed by atoms with E-state index in [9.17, 15) is 18.0 Å². The maximum atomic E-state index is 13.1. The van der Waals surface area contributed by atoms with Crippen molar-refractivity contribution in [3.05, 3.63) is 35.2 Å². The fraction of sp³-hybridized carbons (Fsp3) is 0.312. The number of pyridine rings is 1. The minimum atomic E-state index is -4.73.